The first kappa shape index (κ1) is 14.2. The highest BCUT2D eigenvalue weighted by molar-refractivity contribution is 5.26. The first-order chi connectivity index (χ1) is 9.33. The fourth-order valence-electron chi connectivity index (χ4n) is 2.08. The van der Waals surface area contributed by atoms with Crippen molar-refractivity contribution >= 4 is 0 Å². The highest BCUT2D eigenvalue weighted by atomic mass is 16.7. The van der Waals surface area contributed by atoms with Crippen molar-refractivity contribution in [1.82, 2.24) is 10.3 Å². The van der Waals surface area contributed by atoms with Crippen molar-refractivity contribution in [3.8, 4) is 5.75 Å². The van der Waals surface area contributed by atoms with Gasteiger partial charge in [0.1, 0.15) is 5.75 Å². The number of pyridine rings is 1. The zero-order valence-corrected chi connectivity index (χ0v) is 11.6. The average Bonchev–Trinajstić information content (AvgIpc) is 2.96. The summed E-state index contributed by atoms with van der Waals surface area (Å²) < 4.78 is 16.6. The summed E-state index contributed by atoms with van der Waals surface area (Å²) in [4.78, 5) is 4.23. The molecule has 1 N–H and O–H groups in total. The molecule has 1 saturated heterocycles. The highest BCUT2D eigenvalue weighted by Gasteiger charge is 2.22. The molecule has 1 aliphatic heterocycles. The van der Waals surface area contributed by atoms with E-state index in [0.717, 1.165) is 24.2 Å². The van der Waals surface area contributed by atoms with Crippen LogP contribution in [-0.2, 0) is 9.47 Å². The van der Waals surface area contributed by atoms with Gasteiger partial charge >= 0.3 is 0 Å². The number of aromatic nitrogens is 1. The topological polar surface area (TPSA) is 52.6 Å². The number of ether oxygens (including phenoxy) is 3. The number of rotatable bonds is 7. The van der Waals surface area contributed by atoms with E-state index in [1.807, 2.05) is 19.3 Å². The Morgan fingerprint density at radius 2 is 2.21 bits per heavy atom. The van der Waals surface area contributed by atoms with Crippen molar-refractivity contribution in [2.75, 3.05) is 26.9 Å². The van der Waals surface area contributed by atoms with E-state index in [1.165, 1.54) is 0 Å². The minimum atomic E-state index is -0.127. The molecule has 1 aliphatic rings. The van der Waals surface area contributed by atoms with Crippen LogP contribution in [0.1, 0.15) is 31.4 Å². The van der Waals surface area contributed by atoms with Crippen LogP contribution in [0.4, 0.5) is 0 Å². The van der Waals surface area contributed by atoms with Gasteiger partial charge in [-0.3, -0.25) is 4.98 Å². The second-order valence-electron chi connectivity index (χ2n) is 4.55. The summed E-state index contributed by atoms with van der Waals surface area (Å²) in [6, 6.07) is 2.18. The molecule has 0 aliphatic carbocycles. The Hall–Kier alpha value is -1.17. The first-order valence-electron chi connectivity index (χ1n) is 6.81. The predicted molar refractivity (Wildman–Crippen MR) is 72.1 cm³/mol. The molecule has 1 aromatic heterocycles. The van der Waals surface area contributed by atoms with E-state index in [9.17, 15) is 0 Å². The molecule has 0 saturated carbocycles. The van der Waals surface area contributed by atoms with Crippen molar-refractivity contribution in [3.63, 3.8) is 0 Å². The number of hydrogen-bond donors (Lipinski definition) is 1. The van der Waals surface area contributed by atoms with Gasteiger partial charge in [0.25, 0.3) is 0 Å². The van der Waals surface area contributed by atoms with Gasteiger partial charge in [0, 0.05) is 18.7 Å². The van der Waals surface area contributed by atoms with Crippen LogP contribution in [0.2, 0.25) is 0 Å². The van der Waals surface area contributed by atoms with Crippen LogP contribution in [-0.4, -0.2) is 38.1 Å². The lowest BCUT2D eigenvalue weighted by Gasteiger charge is -2.20. The van der Waals surface area contributed by atoms with Gasteiger partial charge < -0.3 is 19.5 Å². The highest BCUT2D eigenvalue weighted by Crippen LogP contribution is 2.24. The largest absolute Gasteiger partial charge is 0.492 e. The number of nitrogens with one attached hydrogen (secondary N) is 1. The zero-order chi connectivity index (χ0) is 13.5. The summed E-state index contributed by atoms with van der Waals surface area (Å²) in [5.41, 5.74) is 1.09. The third kappa shape index (κ3) is 4.16. The summed E-state index contributed by atoms with van der Waals surface area (Å²) in [7, 11) is 1.93. The predicted octanol–water partition coefficient (Wildman–Crippen LogP) is 1.89. The summed E-state index contributed by atoms with van der Waals surface area (Å²) in [6.07, 6.45) is 5.24. The van der Waals surface area contributed by atoms with Gasteiger partial charge in [-0.1, -0.05) is 6.92 Å². The van der Waals surface area contributed by atoms with Crippen LogP contribution in [0.5, 0.6) is 5.75 Å². The van der Waals surface area contributed by atoms with E-state index in [4.69, 9.17) is 14.2 Å². The smallest absolute Gasteiger partial charge is 0.159 e. The average molecular weight is 266 g/mol. The summed E-state index contributed by atoms with van der Waals surface area (Å²) in [5, 5.41) is 3.27. The van der Waals surface area contributed by atoms with Crippen LogP contribution in [0, 0.1) is 0 Å². The molecule has 0 spiro atoms. The van der Waals surface area contributed by atoms with Gasteiger partial charge in [-0.2, -0.15) is 0 Å². The number of hydrogen-bond acceptors (Lipinski definition) is 5. The summed E-state index contributed by atoms with van der Waals surface area (Å²) >= 11 is 0. The van der Waals surface area contributed by atoms with E-state index in [-0.39, 0.29) is 12.3 Å². The molecule has 19 heavy (non-hydrogen) atoms. The lowest BCUT2D eigenvalue weighted by molar-refractivity contribution is -0.0526. The molecule has 0 radical (unpaired) electrons. The molecule has 0 aromatic carbocycles. The molecule has 1 atom stereocenters. The second-order valence-corrected chi connectivity index (χ2v) is 4.55. The van der Waals surface area contributed by atoms with E-state index in [1.54, 1.807) is 6.20 Å². The standard InChI is InChI=1S/C14H22N2O3/c1-3-4-17-12-7-11(9-16-10-12)13(15-2)8-14-18-5-6-19-14/h7,9-10,13-15H,3-6,8H2,1-2H3. The van der Waals surface area contributed by atoms with Crippen molar-refractivity contribution < 1.29 is 14.2 Å². The van der Waals surface area contributed by atoms with Gasteiger partial charge in [-0.15, -0.1) is 0 Å². The summed E-state index contributed by atoms with van der Waals surface area (Å²) in [6.45, 7) is 4.16. The maximum absolute atomic E-state index is 5.61. The van der Waals surface area contributed by atoms with E-state index in [0.29, 0.717) is 19.8 Å². The normalized spacial score (nSPS) is 17.6. The van der Waals surface area contributed by atoms with Crippen molar-refractivity contribution in [2.24, 2.45) is 0 Å². The van der Waals surface area contributed by atoms with E-state index in [2.05, 4.69) is 17.2 Å². The van der Waals surface area contributed by atoms with Crippen LogP contribution < -0.4 is 10.1 Å². The molecule has 1 unspecified atom stereocenters. The van der Waals surface area contributed by atoms with E-state index >= 15 is 0 Å². The lowest BCUT2D eigenvalue weighted by Crippen LogP contribution is -2.23. The van der Waals surface area contributed by atoms with Gasteiger partial charge in [0.05, 0.1) is 26.0 Å². The van der Waals surface area contributed by atoms with Crippen LogP contribution in [0.25, 0.3) is 0 Å². The maximum Gasteiger partial charge on any atom is 0.159 e. The number of nitrogens with zero attached hydrogens (tertiary/aromatic N) is 1. The molecule has 106 valence electrons. The molecule has 2 heterocycles. The molecule has 1 fully saturated rings. The molecule has 1 aromatic rings. The molecular formula is C14H22N2O3. The molecule has 5 heteroatoms. The monoisotopic (exact) mass is 266 g/mol. The van der Waals surface area contributed by atoms with Gasteiger partial charge in [-0.05, 0) is 25.1 Å². The molecule has 0 amide bonds. The SMILES string of the molecule is CCCOc1cncc(C(CC2OCCO2)NC)c1. The Balaban J connectivity index is 2.00. The van der Waals surface area contributed by atoms with Crippen LogP contribution in [0.3, 0.4) is 0 Å². The fraction of sp³-hybridized carbons (Fsp3) is 0.643. The van der Waals surface area contributed by atoms with Crippen LogP contribution in [0.15, 0.2) is 18.5 Å². The second kappa shape index (κ2) is 7.43. The molecule has 0 bridgehead atoms. The third-order valence-electron chi connectivity index (χ3n) is 3.08. The Kier molecular flexibility index (Phi) is 5.57. The van der Waals surface area contributed by atoms with Gasteiger partial charge in [0.15, 0.2) is 6.29 Å². The minimum Gasteiger partial charge on any atom is -0.492 e. The molecule has 5 nitrogen and oxygen atoms in total. The third-order valence-corrected chi connectivity index (χ3v) is 3.08. The Labute approximate surface area is 114 Å². The lowest BCUT2D eigenvalue weighted by atomic mass is 10.1. The molecular weight excluding hydrogens is 244 g/mol. The fourth-order valence-corrected chi connectivity index (χ4v) is 2.08. The van der Waals surface area contributed by atoms with Gasteiger partial charge in [-0.25, -0.2) is 0 Å². The minimum absolute atomic E-state index is 0.127. The van der Waals surface area contributed by atoms with E-state index < -0.39 is 0 Å². The Morgan fingerprint density at radius 1 is 1.42 bits per heavy atom. The van der Waals surface area contributed by atoms with Crippen molar-refractivity contribution in [1.29, 1.82) is 0 Å². The molecule has 2 rings (SSSR count). The van der Waals surface area contributed by atoms with Crippen LogP contribution >= 0.6 is 0 Å². The van der Waals surface area contributed by atoms with Crippen molar-refractivity contribution in [2.45, 2.75) is 32.1 Å². The van der Waals surface area contributed by atoms with Crippen molar-refractivity contribution in [3.05, 3.63) is 24.0 Å². The Morgan fingerprint density at radius 3 is 2.89 bits per heavy atom. The first-order valence-corrected chi connectivity index (χ1v) is 6.81. The Bertz CT molecular complexity index is 381. The quantitative estimate of drug-likeness (QED) is 0.817. The maximum atomic E-state index is 5.61. The summed E-state index contributed by atoms with van der Waals surface area (Å²) in [5.74, 6) is 0.813. The van der Waals surface area contributed by atoms with Gasteiger partial charge in [0.2, 0.25) is 0 Å². The zero-order valence-electron chi connectivity index (χ0n) is 11.6.